The highest BCUT2D eigenvalue weighted by molar-refractivity contribution is 8.00. The molecule has 0 saturated heterocycles. The number of aromatic nitrogens is 2. The van der Waals surface area contributed by atoms with Gasteiger partial charge in [0.25, 0.3) is 5.56 Å². The van der Waals surface area contributed by atoms with Gasteiger partial charge in [0, 0.05) is 12.6 Å². The molecule has 2 atom stereocenters. The maximum Gasteiger partial charge on any atom is 0.262 e. The molecule has 2 aromatic rings. The molecular formula is C18H23N3O2S. The van der Waals surface area contributed by atoms with Gasteiger partial charge < -0.3 is 5.32 Å². The Bertz CT molecular complexity index is 800. The Morgan fingerprint density at radius 3 is 2.79 bits per heavy atom. The molecule has 5 nitrogen and oxygen atoms in total. The molecule has 0 spiro atoms. The van der Waals surface area contributed by atoms with Crippen molar-refractivity contribution in [3.63, 3.8) is 0 Å². The third-order valence-electron chi connectivity index (χ3n) is 3.88. The Labute approximate surface area is 146 Å². The fourth-order valence-electron chi connectivity index (χ4n) is 2.31. The highest BCUT2D eigenvalue weighted by atomic mass is 32.2. The summed E-state index contributed by atoms with van der Waals surface area (Å²) in [7, 11) is 0. The maximum absolute atomic E-state index is 12.9. The topological polar surface area (TPSA) is 64.0 Å². The van der Waals surface area contributed by atoms with E-state index in [9.17, 15) is 9.59 Å². The van der Waals surface area contributed by atoms with E-state index in [1.165, 1.54) is 11.8 Å². The van der Waals surface area contributed by atoms with E-state index >= 15 is 0 Å². The zero-order chi connectivity index (χ0) is 17.7. The molecule has 128 valence electrons. The molecule has 0 bridgehead atoms. The average molecular weight is 345 g/mol. The molecule has 0 aliphatic heterocycles. The minimum atomic E-state index is -0.353. The van der Waals surface area contributed by atoms with E-state index < -0.39 is 0 Å². The summed E-state index contributed by atoms with van der Waals surface area (Å²) >= 11 is 1.31. The van der Waals surface area contributed by atoms with Crippen LogP contribution >= 0.6 is 11.8 Å². The molecule has 2 rings (SSSR count). The van der Waals surface area contributed by atoms with Crippen molar-refractivity contribution >= 4 is 28.6 Å². The van der Waals surface area contributed by atoms with E-state index in [-0.39, 0.29) is 22.8 Å². The van der Waals surface area contributed by atoms with Crippen molar-refractivity contribution in [2.75, 3.05) is 6.54 Å². The van der Waals surface area contributed by atoms with Crippen molar-refractivity contribution in [1.29, 1.82) is 0 Å². The van der Waals surface area contributed by atoms with Gasteiger partial charge in [-0.05, 0) is 32.4 Å². The first-order valence-electron chi connectivity index (χ1n) is 8.06. The molecule has 0 fully saturated rings. The van der Waals surface area contributed by atoms with Gasteiger partial charge in [0.2, 0.25) is 5.91 Å². The molecule has 0 unspecified atom stereocenters. The molecule has 0 aliphatic carbocycles. The number of benzene rings is 1. The van der Waals surface area contributed by atoms with Crippen LogP contribution in [0, 0.1) is 0 Å². The normalized spacial score (nSPS) is 13.5. The van der Waals surface area contributed by atoms with Gasteiger partial charge in [-0.25, -0.2) is 4.98 Å². The highest BCUT2D eigenvalue weighted by Gasteiger charge is 2.20. The molecule has 1 aromatic heterocycles. The van der Waals surface area contributed by atoms with Crippen LogP contribution in [0.25, 0.3) is 10.9 Å². The van der Waals surface area contributed by atoms with Crippen molar-refractivity contribution in [3.8, 4) is 0 Å². The standard InChI is InChI=1S/C18H23N3O2S/c1-5-11-19-16(22)13(4)24-18-20-15-10-8-7-9-14(15)17(23)21(18)12(3)6-2/h5,7-10,12-13H,1,6,11H2,2-4H3,(H,19,22)/t12-,13-/m0/s1. The summed E-state index contributed by atoms with van der Waals surface area (Å²) in [5.41, 5.74) is 0.597. The Morgan fingerprint density at radius 1 is 1.42 bits per heavy atom. The van der Waals surface area contributed by atoms with E-state index in [1.807, 2.05) is 39.0 Å². The minimum absolute atomic E-state index is 0.0144. The third kappa shape index (κ3) is 3.87. The van der Waals surface area contributed by atoms with Crippen molar-refractivity contribution in [3.05, 3.63) is 47.3 Å². The maximum atomic E-state index is 12.9. The van der Waals surface area contributed by atoms with Gasteiger partial charge in [-0.1, -0.05) is 36.9 Å². The van der Waals surface area contributed by atoms with Crippen LogP contribution in [0.15, 0.2) is 46.9 Å². The lowest BCUT2D eigenvalue weighted by Crippen LogP contribution is -2.32. The summed E-state index contributed by atoms with van der Waals surface area (Å²) < 4.78 is 1.70. The molecule has 1 aromatic carbocycles. The summed E-state index contributed by atoms with van der Waals surface area (Å²) in [5.74, 6) is -0.0991. The Kier molecular flexibility index (Phi) is 6.20. The quantitative estimate of drug-likeness (QED) is 0.476. The fraction of sp³-hybridized carbons (Fsp3) is 0.389. The largest absolute Gasteiger partial charge is 0.352 e. The number of rotatable bonds is 7. The van der Waals surface area contributed by atoms with Gasteiger partial charge in [-0.2, -0.15) is 0 Å². The summed E-state index contributed by atoms with van der Waals surface area (Å²) in [6, 6.07) is 7.32. The number of carbonyl (C=O) groups excluding carboxylic acids is 1. The van der Waals surface area contributed by atoms with E-state index in [0.717, 1.165) is 6.42 Å². The van der Waals surface area contributed by atoms with Crippen LogP contribution in [0.5, 0.6) is 0 Å². The summed E-state index contributed by atoms with van der Waals surface area (Å²) in [6.07, 6.45) is 2.45. The molecule has 1 heterocycles. The second kappa shape index (κ2) is 8.15. The number of carbonyl (C=O) groups is 1. The van der Waals surface area contributed by atoms with Gasteiger partial charge >= 0.3 is 0 Å². The van der Waals surface area contributed by atoms with Crippen LogP contribution in [-0.4, -0.2) is 27.3 Å². The molecule has 0 saturated carbocycles. The van der Waals surface area contributed by atoms with Gasteiger partial charge in [-0.15, -0.1) is 6.58 Å². The SMILES string of the molecule is C=CCNC(=O)[C@H](C)Sc1nc2ccccc2c(=O)n1[C@@H](C)CC. The third-order valence-corrected chi connectivity index (χ3v) is 4.95. The molecule has 0 aliphatic rings. The number of fused-ring (bicyclic) bond motifs is 1. The molecule has 0 radical (unpaired) electrons. The van der Waals surface area contributed by atoms with Crippen LogP contribution in [-0.2, 0) is 4.79 Å². The summed E-state index contributed by atoms with van der Waals surface area (Å²) in [6.45, 7) is 9.84. The number of amides is 1. The Hall–Kier alpha value is -2.08. The van der Waals surface area contributed by atoms with E-state index in [1.54, 1.807) is 16.7 Å². The van der Waals surface area contributed by atoms with Crippen LogP contribution in [0.2, 0.25) is 0 Å². The molecule has 1 N–H and O–H groups in total. The lowest BCUT2D eigenvalue weighted by molar-refractivity contribution is -0.120. The first-order valence-corrected chi connectivity index (χ1v) is 8.94. The predicted octanol–water partition coefficient (Wildman–Crippen LogP) is 3.15. The van der Waals surface area contributed by atoms with Crippen molar-refractivity contribution in [1.82, 2.24) is 14.9 Å². The molecule has 24 heavy (non-hydrogen) atoms. The van der Waals surface area contributed by atoms with Gasteiger partial charge in [0.15, 0.2) is 5.16 Å². The van der Waals surface area contributed by atoms with E-state index in [4.69, 9.17) is 0 Å². The molecule has 1 amide bonds. The lowest BCUT2D eigenvalue weighted by atomic mass is 10.2. The lowest BCUT2D eigenvalue weighted by Gasteiger charge is -2.20. The highest BCUT2D eigenvalue weighted by Crippen LogP contribution is 2.25. The minimum Gasteiger partial charge on any atom is -0.352 e. The number of hydrogen-bond donors (Lipinski definition) is 1. The van der Waals surface area contributed by atoms with Gasteiger partial charge in [0.05, 0.1) is 16.2 Å². The Balaban J connectivity index is 2.46. The first-order chi connectivity index (χ1) is 11.5. The van der Waals surface area contributed by atoms with Gasteiger partial charge in [0.1, 0.15) is 0 Å². The van der Waals surface area contributed by atoms with Crippen molar-refractivity contribution in [2.24, 2.45) is 0 Å². The van der Waals surface area contributed by atoms with E-state index in [2.05, 4.69) is 16.9 Å². The fourth-order valence-corrected chi connectivity index (χ4v) is 3.34. The number of nitrogens with zero attached hydrogens (tertiary/aromatic N) is 2. The van der Waals surface area contributed by atoms with Crippen molar-refractivity contribution in [2.45, 2.75) is 43.6 Å². The average Bonchev–Trinajstić information content (AvgIpc) is 2.59. The monoisotopic (exact) mass is 345 g/mol. The molecule has 6 heteroatoms. The number of hydrogen-bond acceptors (Lipinski definition) is 4. The smallest absolute Gasteiger partial charge is 0.262 e. The second-order valence-corrected chi connectivity index (χ2v) is 6.95. The zero-order valence-corrected chi connectivity index (χ0v) is 15.1. The van der Waals surface area contributed by atoms with E-state index in [0.29, 0.717) is 22.6 Å². The zero-order valence-electron chi connectivity index (χ0n) is 14.3. The summed E-state index contributed by atoms with van der Waals surface area (Å²) in [5, 5.41) is 3.60. The number of nitrogens with one attached hydrogen (secondary N) is 1. The van der Waals surface area contributed by atoms with Crippen LogP contribution < -0.4 is 10.9 Å². The van der Waals surface area contributed by atoms with Crippen LogP contribution in [0.3, 0.4) is 0 Å². The first kappa shape index (κ1) is 18.3. The second-order valence-electron chi connectivity index (χ2n) is 5.64. The summed E-state index contributed by atoms with van der Waals surface area (Å²) in [4.78, 5) is 29.6. The predicted molar refractivity (Wildman–Crippen MR) is 99.5 cm³/mol. The molecular weight excluding hydrogens is 322 g/mol. The van der Waals surface area contributed by atoms with Crippen LogP contribution in [0.1, 0.15) is 33.2 Å². The van der Waals surface area contributed by atoms with Crippen molar-refractivity contribution < 1.29 is 4.79 Å². The Morgan fingerprint density at radius 2 is 2.12 bits per heavy atom. The number of para-hydroxylation sites is 1. The number of thioether (sulfide) groups is 1. The van der Waals surface area contributed by atoms with Crippen LogP contribution in [0.4, 0.5) is 0 Å². The van der Waals surface area contributed by atoms with Gasteiger partial charge in [-0.3, -0.25) is 14.2 Å².